The molecule has 0 aliphatic heterocycles. The summed E-state index contributed by atoms with van der Waals surface area (Å²) in [6.07, 6.45) is 6.75. The number of aromatic nitrogens is 1. The van der Waals surface area contributed by atoms with Crippen LogP contribution in [0.4, 0.5) is 11.5 Å². The van der Waals surface area contributed by atoms with Crippen LogP contribution in [0.1, 0.15) is 48.9 Å². The van der Waals surface area contributed by atoms with Crippen LogP contribution in [0.5, 0.6) is 0 Å². The summed E-state index contributed by atoms with van der Waals surface area (Å²) in [5.74, 6) is -0.176. The molecule has 8 nitrogen and oxygen atoms in total. The molecule has 126 valence electrons. The quantitative estimate of drug-likeness (QED) is 0.398. The van der Waals surface area contributed by atoms with Crippen LogP contribution >= 0.6 is 0 Å². The Morgan fingerprint density at radius 1 is 1.48 bits per heavy atom. The summed E-state index contributed by atoms with van der Waals surface area (Å²) in [5.41, 5.74) is 4.99. The summed E-state index contributed by atoms with van der Waals surface area (Å²) in [4.78, 5) is 25.4. The Bertz CT molecular complexity index is 579. The predicted molar refractivity (Wildman–Crippen MR) is 85.1 cm³/mol. The van der Waals surface area contributed by atoms with Crippen molar-refractivity contribution in [3.05, 3.63) is 27.9 Å². The molecule has 23 heavy (non-hydrogen) atoms. The molecular weight excluding hydrogens is 300 g/mol. The summed E-state index contributed by atoms with van der Waals surface area (Å²) in [6, 6.07) is 1.13. The van der Waals surface area contributed by atoms with Crippen LogP contribution < -0.4 is 11.1 Å². The smallest absolute Gasteiger partial charge is 0.288 e. The lowest BCUT2D eigenvalue weighted by Gasteiger charge is -2.27. The van der Waals surface area contributed by atoms with Crippen molar-refractivity contribution in [1.29, 1.82) is 0 Å². The van der Waals surface area contributed by atoms with Crippen molar-refractivity contribution in [3.8, 4) is 0 Å². The van der Waals surface area contributed by atoms with Crippen molar-refractivity contribution in [2.45, 2.75) is 44.6 Å². The Morgan fingerprint density at radius 2 is 2.22 bits per heavy atom. The first-order valence-corrected chi connectivity index (χ1v) is 7.85. The first-order chi connectivity index (χ1) is 11.0. The molecule has 8 heteroatoms. The van der Waals surface area contributed by atoms with Crippen LogP contribution in [-0.2, 0) is 0 Å². The first-order valence-electron chi connectivity index (χ1n) is 7.85. The van der Waals surface area contributed by atoms with Gasteiger partial charge in [0.25, 0.3) is 11.6 Å². The number of carbonyl (C=O) groups is 1. The topological polar surface area (TPSA) is 131 Å². The van der Waals surface area contributed by atoms with E-state index in [2.05, 4.69) is 10.3 Å². The van der Waals surface area contributed by atoms with Crippen LogP contribution in [0.25, 0.3) is 0 Å². The summed E-state index contributed by atoms with van der Waals surface area (Å²) < 4.78 is 0. The SMILES string of the molecule is NC(=O)c1cc([N+](=O)[O-])cnc1NCCCC1CCCCC1O. The molecule has 0 spiro atoms. The highest BCUT2D eigenvalue weighted by atomic mass is 16.6. The zero-order chi connectivity index (χ0) is 16.8. The second-order valence-electron chi connectivity index (χ2n) is 5.89. The van der Waals surface area contributed by atoms with E-state index in [4.69, 9.17) is 5.73 Å². The van der Waals surface area contributed by atoms with Crippen molar-refractivity contribution in [2.24, 2.45) is 11.7 Å². The van der Waals surface area contributed by atoms with E-state index in [9.17, 15) is 20.0 Å². The lowest BCUT2D eigenvalue weighted by atomic mass is 9.83. The van der Waals surface area contributed by atoms with E-state index in [1.54, 1.807) is 0 Å². The van der Waals surface area contributed by atoms with E-state index in [0.29, 0.717) is 12.5 Å². The molecule has 1 saturated carbocycles. The number of pyridine rings is 1. The van der Waals surface area contributed by atoms with Gasteiger partial charge in [-0.05, 0) is 31.6 Å². The van der Waals surface area contributed by atoms with Gasteiger partial charge in [-0.15, -0.1) is 0 Å². The number of hydrogen-bond acceptors (Lipinski definition) is 6. The summed E-state index contributed by atoms with van der Waals surface area (Å²) >= 11 is 0. The predicted octanol–water partition coefficient (Wildman–Crippen LogP) is 1.83. The van der Waals surface area contributed by atoms with Gasteiger partial charge in [0.1, 0.15) is 12.0 Å². The fourth-order valence-electron chi connectivity index (χ4n) is 2.98. The van der Waals surface area contributed by atoms with Crippen molar-refractivity contribution in [2.75, 3.05) is 11.9 Å². The fraction of sp³-hybridized carbons (Fsp3) is 0.600. The van der Waals surface area contributed by atoms with Gasteiger partial charge in [0.15, 0.2) is 0 Å². The normalized spacial score (nSPS) is 20.9. The molecule has 1 aromatic rings. The number of nitro groups is 1. The molecule has 1 heterocycles. The molecule has 0 bridgehead atoms. The van der Waals surface area contributed by atoms with Crippen LogP contribution in [0.15, 0.2) is 12.3 Å². The summed E-state index contributed by atoms with van der Waals surface area (Å²) in [7, 11) is 0. The van der Waals surface area contributed by atoms with Gasteiger partial charge in [0.05, 0.1) is 16.6 Å². The molecular formula is C15H22N4O4. The fourth-order valence-corrected chi connectivity index (χ4v) is 2.98. The molecule has 2 rings (SSSR count). The molecule has 2 atom stereocenters. The third-order valence-electron chi connectivity index (χ3n) is 4.26. The van der Waals surface area contributed by atoms with Gasteiger partial charge in [-0.1, -0.05) is 12.8 Å². The molecule has 0 aromatic carbocycles. The van der Waals surface area contributed by atoms with Gasteiger partial charge < -0.3 is 16.2 Å². The molecule has 1 aliphatic rings. The van der Waals surface area contributed by atoms with Crippen LogP contribution in [0, 0.1) is 16.0 Å². The Balaban J connectivity index is 1.89. The number of nitrogens with two attached hydrogens (primary N) is 1. The van der Waals surface area contributed by atoms with Gasteiger partial charge in [-0.25, -0.2) is 4.98 Å². The van der Waals surface area contributed by atoms with Gasteiger partial charge in [-0.2, -0.15) is 0 Å². The molecule has 1 aromatic heterocycles. The maximum Gasteiger partial charge on any atom is 0.288 e. The van der Waals surface area contributed by atoms with Crippen molar-refractivity contribution in [1.82, 2.24) is 4.98 Å². The average molecular weight is 322 g/mol. The maximum atomic E-state index is 11.4. The maximum absolute atomic E-state index is 11.4. The largest absolute Gasteiger partial charge is 0.393 e. The third-order valence-corrected chi connectivity index (χ3v) is 4.26. The van der Waals surface area contributed by atoms with Gasteiger partial charge >= 0.3 is 0 Å². The lowest BCUT2D eigenvalue weighted by molar-refractivity contribution is -0.385. The molecule has 0 radical (unpaired) electrons. The number of hydrogen-bond donors (Lipinski definition) is 3. The van der Waals surface area contributed by atoms with Crippen LogP contribution in [0.3, 0.4) is 0 Å². The Hall–Kier alpha value is -2.22. The number of aliphatic hydroxyl groups excluding tert-OH is 1. The highest BCUT2D eigenvalue weighted by molar-refractivity contribution is 5.98. The second kappa shape index (κ2) is 7.87. The highest BCUT2D eigenvalue weighted by Crippen LogP contribution is 2.28. The molecule has 1 amide bonds. The molecule has 1 fully saturated rings. The summed E-state index contributed by atoms with van der Waals surface area (Å²) in [5, 5.41) is 23.6. The zero-order valence-electron chi connectivity index (χ0n) is 12.9. The minimum atomic E-state index is -0.758. The van der Waals surface area contributed by atoms with E-state index in [1.807, 2.05) is 0 Å². The Labute approximate surface area is 134 Å². The van der Waals surface area contributed by atoms with Gasteiger partial charge in [-0.3, -0.25) is 14.9 Å². The Morgan fingerprint density at radius 3 is 2.87 bits per heavy atom. The number of anilines is 1. The highest BCUT2D eigenvalue weighted by Gasteiger charge is 2.22. The van der Waals surface area contributed by atoms with E-state index >= 15 is 0 Å². The number of rotatable bonds is 7. The number of carbonyl (C=O) groups excluding carboxylic acids is 1. The second-order valence-corrected chi connectivity index (χ2v) is 5.89. The molecule has 1 aliphatic carbocycles. The minimum absolute atomic E-state index is 0.0110. The summed E-state index contributed by atoms with van der Waals surface area (Å²) in [6.45, 7) is 0.564. The number of nitrogens with one attached hydrogen (secondary N) is 1. The average Bonchev–Trinajstić information content (AvgIpc) is 2.52. The number of amides is 1. The van der Waals surface area contributed by atoms with E-state index < -0.39 is 10.8 Å². The molecule has 0 saturated heterocycles. The minimum Gasteiger partial charge on any atom is -0.393 e. The lowest BCUT2D eigenvalue weighted by Crippen LogP contribution is -2.25. The zero-order valence-corrected chi connectivity index (χ0v) is 12.9. The standard InChI is InChI=1S/C15H22N4O4/c16-14(21)12-8-11(19(22)23)9-18-15(12)17-7-3-5-10-4-1-2-6-13(10)20/h8-10,13,20H,1-7H2,(H2,16,21)(H,17,18). The van der Waals surface area contributed by atoms with Crippen molar-refractivity contribution in [3.63, 3.8) is 0 Å². The van der Waals surface area contributed by atoms with Gasteiger partial charge in [0.2, 0.25) is 0 Å². The monoisotopic (exact) mass is 322 g/mol. The Kier molecular flexibility index (Phi) is 5.86. The van der Waals surface area contributed by atoms with Crippen LogP contribution in [-0.4, -0.2) is 33.6 Å². The van der Waals surface area contributed by atoms with Crippen molar-refractivity contribution >= 4 is 17.4 Å². The van der Waals surface area contributed by atoms with E-state index in [0.717, 1.165) is 50.8 Å². The first kappa shape index (κ1) is 17.1. The van der Waals surface area contributed by atoms with E-state index in [1.165, 1.54) is 0 Å². The molecule has 4 N–H and O–H groups in total. The van der Waals surface area contributed by atoms with Crippen molar-refractivity contribution < 1.29 is 14.8 Å². The number of nitrogens with zero attached hydrogens (tertiary/aromatic N) is 2. The van der Waals surface area contributed by atoms with Crippen LogP contribution in [0.2, 0.25) is 0 Å². The molecule has 2 unspecified atom stereocenters. The third kappa shape index (κ3) is 4.62. The van der Waals surface area contributed by atoms with Gasteiger partial charge in [0, 0.05) is 12.6 Å². The number of primary amides is 1. The number of aliphatic hydroxyl groups is 1. The van der Waals surface area contributed by atoms with E-state index in [-0.39, 0.29) is 23.2 Å².